The van der Waals surface area contributed by atoms with Crippen LogP contribution in [0, 0.1) is 0 Å². The number of furan rings is 1. The van der Waals surface area contributed by atoms with Crippen molar-refractivity contribution in [1.82, 2.24) is 5.32 Å². The lowest BCUT2D eigenvalue weighted by Gasteiger charge is -2.03. The summed E-state index contributed by atoms with van der Waals surface area (Å²) in [6.07, 6.45) is 7.32. The molecule has 1 aromatic heterocycles. The molecule has 0 aromatic carbocycles. The quantitative estimate of drug-likeness (QED) is 0.664. The van der Waals surface area contributed by atoms with Crippen LogP contribution in [0.15, 0.2) is 16.5 Å². The van der Waals surface area contributed by atoms with Crippen LogP contribution in [0.25, 0.3) is 0 Å². The first-order valence-corrected chi connectivity index (χ1v) is 6.85. The van der Waals surface area contributed by atoms with Crippen molar-refractivity contribution in [3.63, 3.8) is 0 Å². The van der Waals surface area contributed by atoms with Crippen molar-refractivity contribution < 1.29 is 9.21 Å². The van der Waals surface area contributed by atoms with Crippen molar-refractivity contribution in [2.24, 2.45) is 5.73 Å². The van der Waals surface area contributed by atoms with Crippen molar-refractivity contribution in [2.75, 3.05) is 6.54 Å². The van der Waals surface area contributed by atoms with Crippen molar-refractivity contribution in [1.29, 1.82) is 0 Å². The fraction of sp³-hybridized carbons (Fsp3) is 0.643. The summed E-state index contributed by atoms with van der Waals surface area (Å²) in [5, 5.41) is 2.85. The highest BCUT2D eigenvalue weighted by Gasteiger charge is 2.09. The summed E-state index contributed by atoms with van der Waals surface area (Å²) >= 11 is 0. The molecule has 102 valence electrons. The Bertz CT molecular complexity index is 347. The Labute approximate surface area is 109 Å². The SMILES string of the molecule is CCCCCCCCNC(=O)c1ccc(CN)o1. The van der Waals surface area contributed by atoms with Crippen LogP contribution in [-0.4, -0.2) is 12.5 Å². The molecule has 1 rings (SSSR count). The van der Waals surface area contributed by atoms with Gasteiger partial charge in [-0.1, -0.05) is 39.0 Å². The van der Waals surface area contributed by atoms with Crippen molar-refractivity contribution in [3.8, 4) is 0 Å². The predicted molar refractivity (Wildman–Crippen MR) is 72.3 cm³/mol. The molecular formula is C14H24N2O2. The molecule has 0 saturated carbocycles. The highest BCUT2D eigenvalue weighted by atomic mass is 16.4. The molecule has 0 aliphatic carbocycles. The average Bonchev–Trinajstić information content (AvgIpc) is 2.86. The number of hydrogen-bond donors (Lipinski definition) is 2. The van der Waals surface area contributed by atoms with Gasteiger partial charge in [-0.15, -0.1) is 0 Å². The maximum atomic E-state index is 11.7. The van der Waals surface area contributed by atoms with Crippen LogP contribution >= 0.6 is 0 Å². The lowest BCUT2D eigenvalue weighted by atomic mass is 10.1. The first-order valence-electron chi connectivity index (χ1n) is 6.85. The molecule has 0 radical (unpaired) electrons. The zero-order valence-electron chi connectivity index (χ0n) is 11.2. The molecule has 0 atom stereocenters. The summed E-state index contributed by atoms with van der Waals surface area (Å²) < 4.78 is 5.27. The molecule has 1 heterocycles. The molecule has 0 bridgehead atoms. The van der Waals surface area contributed by atoms with E-state index in [1.165, 1.54) is 32.1 Å². The van der Waals surface area contributed by atoms with Gasteiger partial charge in [0.1, 0.15) is 5.76 Å². The zero-order chi connectivity index (χ0) is 13.2. The molecule has 18 heavy (non-hydrogen) atoms. The number of rotatable bonds is 9. The highest BCUT2D eigenvalue weighted by molar-refractivity contribution is 5.91. The molecule has 0 spiro atoms. The summed E-state index contributed by atoms with van der Waals surface area (Å²) in [5.74, 6) is 0.837. The van der Waals surface area contributed by atoms with E-state index in [4.69, 9.17) is 10.2 Å². The topological polar surface area (TPSA) is 68.3 Å². The second-order valence-electron chi connectivity index (χ2n) is 4.49. The van der Waals surface area contributed by atoms with Gasteiger partial charge in [-0.2, -0.15) is 0 Å². The third-order valence-electron chi connectivity index (χ3n) is 2.90. The Hall–Kier alpha value is -1.29. The smallest absolute Gasteiger partial charge is 0.286 e. The summed E-state index contributed by atoms with van der Waals surface area (Å²) in [6.45, 7) is 3.24. The van der Waals surface area contributed by atoms with Gasteiger partial charge in [0.15, 0.2) is 5.76 Å². The first kappa shape index (κ1) is 14.8. The second kappa shape index (κ2) is 8.75. The lowest BCUT2D eigenvalue weighted by Crippen LogP contribution is -2.23. The number of amides is 1. The Kier molecular flexibility index (Phi) is 7.18. The highest BCUT2D eigenvalue weighted by Crippen LogP contribution is 2.07. The standard InChI is InChI=1S/C14H24N2O2/c1-2-3-4-5-6-7-10-16-14(17)13-9-8-12(11-15)18-13/h8-9H,2-7,10-11,15H2,1H3,(H,16,17). The maximum Gasteiger partial charge on any atom is 0.286 e. The van der Waals surface area contributed by atoms with Gasteiger partial charge in [0.25, 0.3) is 5.91 Å². The largest absolute Gasteiger partial charge is 0.455 e. The Morgan fingerprint density at radius 3 is 2.61 bits per heavy atom. The van der Waals surface area contributed by atoms with Crippen LogP contribution in [0.2, 0.25) is 0 Å². The molecule has 0 saturated heterocycles. The minimum absolute atomic E-state index is 0.150. The van der Waals surface area contributed by atoms with Gasteiger partial charge in [-0.25, -0.2) is 0 Å². The Morgan fingerprint density at radius 1 is 1.22 bits per heavy atom. The van der Waals surface area contributed by atoms with E-state index in [1.54, 1.807) is 12.1 Å². The van der Waals surface area contributed by atoms with E-state index >= 15 is 0 Å². The number of unbranched alkanes of at least 4 members (excludes halogenated alkanes) is 5. The van der Waals surface area contributed by atoms with Gasteiger partial charge in [0, 0.05) is 6.54 Å². The normalized spacial score (nSPS) is 10.6. The fourth-order valence-corrected chi connectivity index (χ4v) is 1.80. The van der Waals surface area contributed by atoms with Crippen LogP contribution in [0.1, 0.15) is 61.8 Å². The molecule has 0 aliphatic rings. The molecule has 1 aromatic rings. The maximum absolute atomic E-state index is 11.7. The minimum Gasteiger partial charge on any atom is -0.455 e. The van der Waals surface area contributed by atoms with E-state index in [-0.39, 0.29) is 5.91 Å². The molecule has 0 aliphatic heterocycles. The van der Waals surface area contributed by atoms with Gasteiger partial charge in [0.05, 0.1) is 6.54 Å². The molecule has 3 N–H and O–H groups in total. The first-order chi connectivity index (χ1) is 8.77. The van der Waals surface area contributed by atoms with Gasteiger partial charge in [0.2, 0.25) is 0 Å². The van der Waals surface area contributed by atoms with Crippen molar-refractivity contribution in [3.05, 3.63) is 23.7 Å². The third-order valence-corrected chi connectivity index (χ3v) is 2.90. The number of carbonyl (C=O) groups is 1. The Balaban J connectivity index is 2.10. The number of carbonyl (C=O) groups excluding carboxylic acids is 1. The van der Waals surface area contributed by atoms with E-state index in [9.17, 15) is 4.79 Å². The van der Waals surface area contributed by atoms with Crippen LogP contribution in [0.3, 0.4) is 0 Å². The molecule has 0 unspecified atom stereocenters. The predicted octanol–water partition coefficient (Wildman–Crippen LogP) is 2.83. The van der Waals surface area contributed by atoms with E-state index in [0.717, 1.165) is 6.42 Å². The number of nitrogens with one attached hydrogen (secondary N) is 1. The van der Waals surface area contributed by atoms with Crippen LogP contribution in [0.4, 0.5) is 0 Å². The second-order valence-corrected chi connectivity index (χ2v) is 4.49. The molecule has 0 fully saturated rings. The van der Waals surface area contributed by atoms with E-state index in [2.05, 4.69) is 12.2 Å². The van der Waals surface area contributed by atoms with Gasteiger partial charge < -0.3 is 15.5 Å². The molecular weight excluding hydrogens is 228 g/mol. The van der Waals surface area contributed by atoms with Crippen molar-refractivity contribution >= 4 is 5.91 Å². The molecule has 1 amide bonds. The van der Waals surface area contributed by atoms with Crippen LogP contribution in [0.5, 0.6) is 0 Å². The van der Waals surface area contributed by atoms with Gasteiger partial charge in [-0.3, -0.25) is 4.79 Å². The summed E-state index contributed by atoms with van der Waals surface area (Å²) in [5.41, 5.74) is 5.42. The van der Waals surface area contributed by atoms with E-state index in [0.29, 0.717) is 24.6 Å². The number of hydrogen-bond acceptors (Lipinski definition) is 3. The molecule has 4 nitrogen and oxygen atoms in total. The van der Waals surface area contributed by atoms with Crippen LogP contribution < -0.4 is 11.1 Å². The summed E-state index contributed by atoms with van der Waals surface area (Å²) in [6, 6.07) is 3.40. The Morgan fingerprint density at radius 2 is 1.94 bits per heavy atom. The third kappa shape index (κ3) is 5.36. The number of nitrogens with two attached hydrogens (primary N) is 1. The summed E-state index contributed by atoms with van der Waals surface area (Å²) in [4.78, 5) is 11.7. The minimum atomic E-state index is -0.150. The van der Waals surface area contributed by atoms with Crippen molar-refractivity contribution in [2.45, 2.75) is 52.0 Å². The zero-order valence-corrected chi connectivity index (χ0v) is 11.2. The van der Waals surface area contributed by atoms with Gasteiger partial charge >= 0.3 is 0 Å². The average molecular weight is 252 g/mol. The van der Waals surface area contributed by atoms with E-state index in [1.807, 2.05) is 0 Å². The van der Waals surface area contributed by atoms with E-state index < -0.39 is 0 Å². The monoisotopic (exact) mass is 252 g/mol. The van der Waals surface area contributed by atoms with Gasteiger partial charge in [-0.05, 0) is 18.6 Å². The fourth-order valence-electron chi connectivity index (χ4n) is 1.80. The molecule has 4 heteroatoms. The lowest BCUT2D eigenvalue weighted by molar-refractivity contribution is 0.0923. The van der Waals surface area contributed by atoms with Crippen LogP contribution in [-0.2, 0) is 6.54 Å². The summed E-state index contributed by atoms with van der Waals surface area (Å²) in [7, 11) is 0.